The quantitative estimate of drug-likeness (QED) is 0.644. The molecule has 1 atom stereocenters. The second kappa shape index (κ2) is 7.60. The summed E-state index contributed by atoms with van der Waals surface area (Å²) in [5.74, 6) is -0.176. The molecule has 1 heterocycles. The summed E-state index contributed by atoms with van der Waals surface area (Å²) < 4.78 is 9.98. The molecule has 0 radical (unpaired) electrons. The van der Waals surface area contributed by atoms with Crippen LogP contribution in [0.3, 0.4) is 0 Å². The third-order valence-corrected chi connectivity index (χ3v) is 2.82. The maximum Gasteiger partial charge on any atom is 0.322 e. The van der Waals surface area contributed by atoms with Crippen molar-refractivity contribution in [1.82, 2.24) is 10.2 Å². The smallest absolute Gasteiger partial charge is 0.322 e. The van der Waals surface area contributed by atoms with Gasteiger partial charge in [0.2, 0.25) is 0 Å². The highest BCUT2D eigenvalue weighted by atomic mass is 16.5. The van der Waals surface area contributed by atoms with Crippen molar-refractivity contribution in [3.05, 3.63) is 0 Å². The van der Waals surface area contributed by atoms with Gasteiger partial charge in [0.1, 0.15) is 6.04 Å². The van der Waals surface area contributed by atoms with Crippen LogP contribution in [0.2, 0.25) is 0 Å². The zero-order chi connectivity index (χ0) is 11.8. The van der Waals surface area contributed by atoms with Gasteiger partial charge < -0.3 is 14.8 Å². The number of carbonyl (C=O) groups is 1. The van der Waals surface area contributed by atoms with Crippen molar-refractivity contribution < 1.29 is 14.3 Å². The molecule has 0 bridgehead atoms. The van der Waals surface area contributed by atoms with E-state index in [0.717, 1.165) is 45.8 Å². The van der Waals surface area contributed by atoms with E-state index in [9.17, 15) is 4.79 Å². The number of nitrogens with zero attached hydrogens (tertiary/aromatic N) is 1. The molecule has 1 aliphatic heterocycles. The van der Waals surface area contributed by atoms with Crippen LogP contribution in [-0.2, 0) is 14.3 Å². The van der Waals surface area contributed by atoms with E-state index < -0.39 is 0 Å². The molecule has 0 saturated carbocycles. The Kier molecular flexibility index (Phi) is 6.37. The first-order chi connectivity index (χ1) is 7.77. The molecule has 0 spiro atoms. The minimum atomic E-state index is -0.176. The van der Waals surface area contributed by atoms with E-state index in [4.69, 9.17) is 9.47 Å². The molecule has 1 unspecified atom stereocenters. The minimum absolute atomic E-state index is 0.175. The summed E-state index contributed by atoms with van der Waals surface area (Å²) in [6.07, 6.45) is 0.760. The largest absolute Gasteiger partial charge is 0.468 e. The maximum atomic E-state index is 11.3. The van der Waals surface area contributed by atoms with E-state index in [2.05, 4.69) is 10.2 Å². The lowest BCUT2D eigenvalue weighted by atomic mass is 10.2. The fraction of sp³-hybridized carbons (Fsp3) is 0.909. The highest BCUT2D eigenvalue weighted by molar-refractivity contribution is 5.75. The van der Waals surface area contributed by atoms with Crippen molar-refractivity contribution in [2.45, 2.75) is 19.4 Å². The molecule has 0 aromatic carbocycles. The zero-order valence-corrected chi connectivity index (χ0v) is 10.2. The van der Waals surface area contributed by atoms with Gasteiger partial charge in [0.05, 0.1) is 20.3 Å². The first kappa shape index (κ1) is 13.4. The second-order valence-corrected chi connectivity index (χ2v) is 3.89. The number of ether oxygens (including phenoxy) is 2. The molecule has 0 aromatic rings. The molecule has 5 heteroatoms. The first-order valence-electron chi connectivity index (χ1n) is 5.89. The molecule has 1 N–H and O–H groups in total. The summed E-state index contributed by atoms with van der Waals surface area (Å²) in [6.45, 7) is 7.34. The van der Waals surface area contributed by atoms with Gasteiger partial charge in [-0.3, -0.25) is 9.69 Å². The fourth-order valence-corrected chi connectivity index (χ4v) is 1.76. The van der Waals surface area contributed by atoms with Gasteiger partial charge in [-0.05, 0) is 6.42 Å². The highest BCUT2D eigenvalue weighted by Gasteiger charge is 2.16. The molecule has 16 heavy (non-hydrogen) atoms. The standard InChI is InChI=1S/C11H22N2O3/c1-3-10(11(14)15-2)12-4-5-13-6-8-16-9-7-13/h10,12H,3-9H2,1-2H3. The Labute approximate surface area is 97.1 Å². The van der Waals surface area contributed by atoms with Crippen molar-refractivity contribution in [3.63, 3.8) is 0 Å². The summed E-state index contributed by atoms with van der Waals surface area (Å²) in [5.41, 5.74) is 0. The van der Waals surface area contributed by atoms with Gasteiger partial charge >= 0.3 is 5.97 Å². The highest BCUT2D eigenvalue weighted by Crippen LogP contribution is 1.97. The predicted octanol–water partition coefficient (Wildman–Crippen LogP) is -0.140. The van der Waals surface area contributed by atoms with E-state index in [0.29, 0.717) is 0 Å². The number of esters is 1. The molecule has 1 fully saturated rings. The number of carbonyl (C=O) groups excluding carboxylic acids is 1. The van der Waals surface area contributed by atoms with Gasteiger partial charge in [-0.15, -0.1) is 0 Å². The van der Waals surface area contributed by atoms with E-state index in [1.807, 2.05) is 6.92 Å². The Bertz CT molecular complexity index is 205. The van der Waals surface area contributed by atoms with Crippen LogP contribution in [0.15, 0.2) is 0 Å². The van der Waals surface area contributed by atoms with Crippen LogP contribution in [0, 0.1) is 0 Å². The molecule has 0 aliphatic carbocycles. The van der Waals surface area contributed by atoms with Crippen LogP contribution in [0.4, 0.5) is 0 Å². The van der Waals surface area contributed by atoms with E-state index >= 15 is 0 Å². The molecular formula is C11H22N2O3. The van der Waals surface area contributed by atoms with Crippen LogP contribution in [-0.4, -0.2) is 63.4 Å². The van der Waals surface area contributed by atoms with Gasteiger partial charge in [0, 0.05) is 26.2 Å². The molecule has 1 saturated heterocycles. The average molecular weight is 230 g/mol. The molecule has 0 aromatic heterocycles. The van der Waals surface area contributed by atoms with Gasteiger partial charge in [-0.25, -0.2) is 0 Å². The normalized spacial score (nSPS) is 19.4. The topological polar surface area (TPSA) is 50.8 Å². The van der Waals surface area contributed by atoms with E-state index in [-0.39, 0.29) is 12.0 Å². The molecule has 5 nitrogen and oxygen atoms in total. The van der Waals surface area contributed by atoms with Gasteiger partial charge in [-0.1, -0.05) is 6.92 Å². The van der Waals surface area contributed by atoms with Gasteiger partial charge in [0.15, 0.2) is 0 Å². The summed E-state index contributed by atoms with van der Waals surface area (Å²) in [7, 11) is 1.43. The van der Waals surface area contributed by atoms with E-state index in [1.54, 1.807) is 0 Å². The number of morpholine rings is 1. The Morgan fingerprint density at radius 2 is 2.19 bits per heavy atom. The summed E-state index contributed by atoms with van der Waals surface area (Å²) in [4.78, 5) is 13.6. The van der Waals surface area contributed by atoms with Crippen LogP contribution >= 0.6 is 0 Å². The Balaban J connectivity index is 2.14. The predicted molar refractivity (Wildman–Crippen MR) is 61.4 cm³/mol. The van der Waals surface area contributed by atoms with Crippen LogP contribution in [0.5, 0.6) is 0 Å². The number of rotatable bonds is 6. The second-order valence-electron chi connectivity index (χ2n) is 3.89. The lowest BCUT2D eigenvalue weighted by molar-refractivity contribution is -0.143. The molecular weight excluding hydrogens is 208 g/mol. The van der Waals surface area contributed by atoms with Crippen molar-refractivity contribution >= 4 is 5.97 Å². The third kappa shape index (κ3) is 4.47. The minimum Gasteiger partial charge on any atom is -0.468 e. The molecule has 0 amide bonds. The lowest BCUT2D eigenvalue weighted by Gasteiger charge is -2.27. The van der Waals surface area contributed by atoms with Gasteiger partial charge in [-0.2, -0.15) is 0 Å². The van der Waals surface area contributed by atoms with Crippen molar-refractivity contribution in [2.75, 3.05) is 46.5 Å². The number of methoxy groups -OCH3 is 1. The van der Waals surface area contributed by atoms with Crippen molar-refractivity contribution in [2.24, 2.45) is 0 Å². The summed E-state index contributed by atoms with van der Waals surface area (Å²) in [6, 6.07) is -0.175. The van der Waals surface area contributed by atoms with Crippen molar-refractivity contribution in [1.29, 1.82) is 0 Å². The third-order valence-electron chi connectivity index (χ3n) is 2.82. The van der Waals surface area contributed by atoms with Crippen LogP contribution in [0.1, 0.15) is 13.3 Å². The fourth-order valence-electron chi connectivity index (χ4n) is 1.76. The Hall–Kier alpha value is -0.650. The summed E-state index contributed by atoms with van der Waals surface area (Å²) >= 11 is 0. The molecule has 1 rings (SSSR count). The Morgan fingerprint density at radius 3 is 2.75 bits per heavy atom. The van der Waals surface area contributed by atoms with Gasteiger partial charge in [0.25, 0.3) is 0 Å². The first-order valence-corrected chi connectivity index (χ1v) is 5.89. The zero-order valence-electron chi connectivity index (χ0n) is 10.2. The SMILES string of the molecule is CCC(NCCN1CCOCC1)C(=O)OC. The number of hydrogen-bond acceptors (Lipinski definition) is 5. The van der Waals surface area contributed by atoms with Crippen LogP contribution in [0.25, 0.3) is 0 Å². The van der Waals surface area contributed by atoms with Crippen LogP contribution < -0.4 is 5.32 Å². The maximum absolute atomic E-state index is 11.3. The average Bonchev–Trinajstić information content (AvgIpc) is 2.35. The number of hydrogen-bond donors (Lipinski definition) is 1. The molecule has 94 valence electrons. The number of nitrogens with one attached hydrogen (secondary N) is 1. The monoisotopic (exact) mass is 230 g/mol. The molecule has 1 aliphatic rings. The Morgan fingerprint density at radius 1 is 1.50 bits per heavy atom. The summed E-state index contributed by atoms with van der Waals surface area (Å²) in [5, 5.41) is 3.21. The van der Waals surface area contributed by atoms with Crippen molar-refractivity contribution in [3.8, 4) is 0 Å². The lowest BCUT2D eigenvalue weighted by Crippen LogP contribution is -2.44. The van der Waals surface area contributed by atoms with E-state index in [1.165, 1.54) is 7.11 Å².